The summed E-state index contributed by atoms with van der Waals surface area (Å²) in [5.74, 6) is 0.881. The minimum absolute atomic E-state index is 0.881. The van der Waals surface area contributed by atoms with E-state index in [1.165, 1.54) is 63.9 Å². The van der Waals surface area contributed by atoms with E-state index in [1.54, 1.807) is 0 Å². The number of piperidine rings is 1. The molecule has 0 spiro atoms. The van der Waals surface area contributed by atoms with E-state index in [0.717, 1.165) is 5.92 Å². The molecule has 100 valence electrons. The van der Waals surface area contributed by atoms with Crippen molar-refractivity contribution in [2.45, 2.75) is 46.0 Å². The van der Waals surface area contributed by atoms with E-state index in [2.05, 4.69) is 37.2 Å². The molecule has 0 saturated carbocycles. The number of allylic oxidation sites excluding steroid dienone is 2. The molecule has 1 unspecified atom stereocenters. The molecular weight excluding hydrogens is 208 g/mol. The highest BCUT2D eigenvalue weighted by atomic mass is 15.1. The van der Waals surface area contributed by atoms with Gasteiger partial charge in [-0.25, -0.2) is 0 Å². The predicted octanol–water partition coefficient (Wildman–Crippen LogP) is 3.05. The fraction of sp³-hybridized carbons (Fsp3) is 0.867. The van der Waals surface area contributed by atoms with Gasteiger partial charge in [-0.2, -0.15) is 0 Å². The summed E-state index contributed by atoms with van der Waals surface area (Å²) >= 11 is 0. The smallest absolute Gasteiger partial charge is 0.00187 e. The molecule has 0 amide bonds. The molecule has 1 aliphatic heterocycles. The second-order valence-corrected chi connectivity index (χ2v) is 5.75. The first kappa shape index (κ1) is 14.7. The molecule has 1 saturated heterocycles. The molecular formula is C15H30N2. The van der Waals surface area contributed by atoms with Gasteiger partial charge in [-0.05, 0) is 78.6 Å². The van der Waals surface area contributed by atoms with Crippen molar-refractivity contribution < 1.29 is 0 Å². The average molecular weight is 238 g/mol. The fourth-order valence-electron chi connectivity index (χ4n) is 2.53. The summed E-state index contributed by atoms with van der Waals surface area (Å²) < 4.78 is 0. The van der Waals surface area contributed by atoms with Crippen LogP contribution in [0, 0.1) is 5.92 Å². The van der Waals surface area contributed by atoms with E-state index < -0.39 is 0 Å². The lowest BCUT2D eigenvalue weighted by atomic mass is 9.99. The third-order valence-corrected chi connectivity index (χ3v) is 3.52. The van der Waals surface area contributed by atoms with Crippen LogP contribution in [-0.4, -0.2) is 38.1 Å². The van der Waals surface area contributed by atoms with Gasteiger partial charge in [0.2, 0.25) is 0 Å². The first-order valence-electron chi connectivity index (χ1n) is 7.21. The van der Waals surface area contributed by atoms with Crippen LogP contribution >= 0.6 is 0 Å². The first-order valence-corrected chi connectivity index (χ1v) is 7.21. The molecule has 1 rings (SSSR count). The van der Waals surface area contributed by atoms with Gasteiger partial charge in [0.1, 0.15) is 0 Å². The van der Waals surface area contributed by atoms with Crippen LogP contribution in [0.2, 0.25) is 0 Å². The lowest BCUT2D eigenvalue weighted by molar-refractivity contribution is 0.240. The van der Waals surface area contributed by atoms with E-state index in [9.17, 15) is 0 Å². The zero-order valence-corrected chi connectivity index (χ0v) is 12.0. The fourth-order valence-corrected chi connectivity index (χ4v) is 2.53. The lowest BCUT2D eigenvalue weighted by Crippen LogP contribution is -2.37. The quantitative estimate of drug-likeness (QED) is 0.542. The summed E-state index contributed by atoms with van der Waals surface area (Å²) in [4.78, 5) is 2.51. The second-order valence-electron chi connectivity index (χ2n) is 5.75. The van der Waals surface area contributed by atoms with Crippen LogP contribution in [0.15, 0.2) is 11.6 Å². The standard InChI is InChI=1S/C15H30N2/c1-14(2)8-5-4-6-11-17(3)13-15-9-7-10-16-12-15/h8,15-16H,4-7,9-13H2,1-3H3. The Bertz CT molecular complexity index is 213. The summed E-state index contributed by atoms with van der Waals surface area (Å²) in [5.41, 5.74) is 1.45. The summed E-state index contributed by atoms with van der Waals surface area (Å²) in [5, 5.41) is 3.49. The van der Waals surface area contributed by atoms with Crippen LogP contribution in [0.3, 0.4) is 0 Å². The summed E-state index contributed by atoms with van der Waals surface area (Å²) in [6, 6.07) is 0. The van der Waals surface area contributed by atoms with Crippen molar-refractivity contribution in [1.29, 1.82) is 0 Å². The Kier molecular flexibility index (Phi) is 7.54. The minimum Gasteiger partial charge on any atom is -0.316 e. The summed E-state index contributed by atoms with van der Waals surface area (Å²) in [6.45, 7) is 9.35. The Morgan fingerprint density at radius 3 is 2.82 bits per heavy atom. The van der Waals surface area contributed by atoms with Crippen molar-refractivity contribution >= 4 is 0 Å². The number of nitrogens with zero attached hydrogens (tertiary/aromatic N) is 1. The zero-order chi connectivity index (χ0) is 12.5. The van der Waals surface area contributed by atoms with Crippen molar-refractivity contribution in [1.82, 2.24) is 10.2 Å². The Labute approximate surface area is 107 Å². The van der Waals surface area contributed by atoms with Crippen LogP contribution in [0.25, 0.3) is 0 Å². The molecule has 1 fully saturated rings. The molecule has 0 radical (unpaired) electrons. The topological polar surface area (TPSA) is 15.3 Å². The Hall–Kier alpha value is -0.340. The van der Waals surface area contributed by atoms with Crippen LogP contribution in [-0.2, 0) is 0 Å². The molecule has 2 heteroatoms. The van der Waals surface area contributed by atoms with Gasteiger partial charge < -0.3 is 10.2 Å². The number of hydrogen-bond acceptors (Lipinski definition) is 2. The van der Waals surface area contributed by atoms with Gasteiger partial charge in [0.25, 0.3) is 0 Å². The first-order chi connectivity index (χ1) is 8.18. The molecule has 2 nitrogen and oxygen atoms in total. The van der Waals surface area contributed by atoms with Crippen molar-refractivity contribution in [3.8, 4) is 0 Å². The highest BCUT2D eigenvalue weighted by molar-refractivity contribution is 4.92. The second kappa shape index (κ2) is 8.71. The Morgan fingerprint density at radius 2 is 2.18 bits per heavy atom. The summed E-state index contributed by atoms with van der Waals surface area (Å²) in [6.07, 6.45) is 9.04. The van der Waals surface area contributed by atoms with Crippen LogP contribution < -0.4 is 5.32 Å². The van der Waals surface area contributed by atoms with E-state index in [-0.39, 0.29) is 0 Å². The maximum Gasteiger partial charge on any atom is 0.00187 e. The highest BCUT2D eigenvalue weighted by Gasteiger charge is 2.14. The van der Waals surface area contributed by atoms with E-state index in [0.29, 0.717) is 0 Å². The minimum atomic E-state index is 0.881. The van der Waals surface area contributed by atoms with E-state index in [1.807, 2.05) is 0 Å². The third-order valence-electron chi connectivity index (χ3n) is 3.52. The molecule has 1 N–H and O–H groups in total. The highest BCUT2D eigenvalue weighted by Crippen LogP contribution is 2.11. The lowest BCUT2D eigenvalue weighted by Gasteiger charge is -2.27. The van der Waals surface area contributed by atoms with Gasteiger partial charge in [-0.15, -0.1) is 0 Å². The molecule has 1 heterocycles. The van der Waals surface area contributed by atoms with Crippen molar-refractivity contribution in [2.75, 3.05) is 33.2 Å². The van der Waals surface area contributed by atoms with Gasteiger partial charge in [0.15, 0.2) is 0 Å². The Morgan fingerprint density at radius 1 is 1.35 bits per heavy atom. The van der Waals surface area contributed by atoms with Gasteiger partial charge in [0, 0.05) is 6.54 Å². The summed E-state index contributed by atoms with van der Waals surface area (Å²) in [7, 11) is 2.27. The van der Waals surface area contributed by atoms with Crippen LogP contribution in [0.1, 0.15) is 46.0 Å². The van der Waals surface area contributed by atoms with Gasteiger partial charge >= 0.3 is 0 Å². The number of hydrogen-bond donors (Lipinski definition) is 1. The average Bonchev–Trinajstić information content (AvgIpc) is 2.29. The normalized spacial score (nSPS) is 20.6. The third kappa shape index (κ3) is 7.56. The molecule has 0 aromatic rings. The van der Waals surface area contributed by atoms with Crippen molar-refractivity contribution in [3.05, 3.63) is 11.6 Å². The molecule has 0 aliphatic carbocycles. The number of unbranched alkanes of at least 4 members (excludes halogenated alkanes) is 2. The molecule has 0 bridgehead atoms. The molecule has 0 aromatic carbocycles. The molecule has 0 aromatic heterocycles. The van der Waals surface area contributed by atoms with Gasteiger partial charge in [-0.3, -0.25) is 0 Å². The molecule has 17 heavy (non-hydrogen) atoms. The maximum atomic E-state index is 3.49. The van der Waals surface area contributed by atoms with Gasteiger partial charge in [-0.1, -0.05) is 11.6 Å². The van der Waals surface area contributed by atoms with E-state index in [4.69, 9.17) is 0 Å². The molecule has 1 aliphatic rings. The number of nitrogens with one attached hydrogen (secondary N) is 1. The van der Waals surface area contributed by atoms with E-state index >= 15 is 0 Å². The zero-order valence-electron chi connectivity index (χ0n) is 12.0. The van der Waals surface area contributed by atoms with Gasteiger partial charge in [0.05, 0.1) is 0 Å². The monoisotopic (exact) mass is 238 g/mol. The van der Waals surface area contributed by atoms with Crippen molar-refractivity contribution in [3.63, 3.8) is 0 Å². The van der Waals surface area contributed by atoms with Crippen LogP contribution in [0.4, 0.5) is 0 Å². The largest absolute Gasteiger partial charge is 0.316 e. The van der Waals surface area contributed by atoms with Crippen LogP contribution in [0.5, 0.6) is 0 Å². The SMILES string of the molecule is CC(C)=CCCCCN(C)CC1CCCNC1. The predicted molar refractivity (Wildman–Crippen MR) is 76.4 cm³/mol. The molecule has 1 atom stereocenters. The van der Waals surface area contributed by atoms with Crippen molar-refractivity contribution in [2.24, 2.45) is 5.92 Å². The maximum absolute atomic E-state index is 3.49. The number of rotatable bonds is 7. The Balaban J connectivity index is 2.00.